The van der Waals surface area contributed by atoms with E-state index in [1.807, 2.05) is 46.1 Å². The number of amides is 3. The highest BCUT2D eigenvalue weighted by Crippen LogP contribution is 2.19. The van der Waals surface area contributed by atoms with E-state index in [0.717, 1.165) is 36.9 Å². The maximum atomic E-state index is 12.5. The Morgan fingerprint density at radius 2 is 1.86 bits per heavy atom. The minimum atomic E-state index is -0.206. The SMILES string of the molecule is CCC(CC)C(=O)N1CCC(NC(=O)Nc2ccccc2Cn2cccn2)CC1. The second kappa shape index (κ2) is 10.1. The van der Waals surface area contributed by atoms with Crippen LogP contribution < -0.4 is 10.6 Å². The Balaban J connectivity index is 1.50. The molecule has 1 aliphatic heterocycles. The third kappa shape index (κ3) is 5.59. The Hall–Kier alpha value is -2.83. The molecule has 0 bridgehead atoms. The highest BCUT2D eigenvalue weighted by Gasteiger charge is 2.27. The average Bonchev–Trinajstić information content (AvgIpc) is 3.24. The summed E-state index contributed by atoms with van der Waals surface area (Å²) in [5, 5.41) is 10.3. The smallest absolute Gasteiger partial charge is 0.319 e. The van der Waals surface area contributed by atoms with E-state index in [1.54, 1.807) is 6.20 Å². The number of aromatic nitrogens is 2. The summed E-state index contributed by atoms with van der Waals surface area (Å²) in [5.74, 6) is 0.375. The average molecular weight is 398 g/mol. The van der Waals surface area contributed by atoms with Crippen molar-refractivity contribution in [3.8, 4) is 0 Å². The minimum Gasteiger partial charge on any atom is -0.342 e. The van der Waals surface area contributed by atoms with Crippen LogP contribution in [0.4, 0.5) is 10.5 Å². The maximum Gasteiger partial charge on any atom is 0.319 e. The van der Waals surface area contributed by atoms with Crippen LogP contribution in [0, 0.1) is 5.92 Å². The van der Waals surface area contributed by atoms with E-state index >= 15 is 0 Å². The molecule has 3 rings (SSSR count). The molecule has 1 aromatic heterocycles. The lowest BCUT2D eigenvalue weighted by atomic mass is 9.98. The lowest BCUT2D eigenvalue weighted by Gasteiger charge is -2.34. The fraction of sp³-hybridized carbons (Fsp3) is 0.500. The monoisotopic (exact) mass is 397 g/mol. The van der Waals surface area contributed by atoms with Gasteiger partial charge in [0.25, 0.3) is 0 Å². The van der Waals surface area contributed by atoms with E-state index in [9.17, 15) is 9.59 Å². The van der Waals surface area contributed by atoms with Gasteiger partial charge in [0.1, 0.15) is 0 Å². The molecule has 2 aromatic rings. The van der Waals surface area contributed by atoms with Crippen LogP contribution >= 0.6 is 0 Å². The van der Waals surface area contributed by atoms with Gasteiger partial charge >= 0.3 is 6.03 Å². The van der Waals surface area contributed by atoms with Gasteiger partial charge in [-0.25, -0.2) is 4.79 Å². The molecular weight excluding hydrogens is 366 g/mol. The zero-order valence-electron chi connectivity index (χ0n) is 17.3. The predicted molar refractivity (Wildman–Crippen MR) is 114 cm³/mol. The Bertz CT molecular complexity index is 793. The molecule has 0 unspecified atom stereocenters. The number of likely N-dealkylation sites (tertiary alicyclic amines) is 1. The van der Waals surface area contributed by atoms with Crippen molar-refractivity contribution in [3.05, 3.63) is 48.3 Å². The van der Waals surface area contributed by atoms with Crippen LogP contribution in [-0.4, -0.2) is 45.8 Å². The van der Waals surface area contributed by atoms with Crippen molar-refractivity contribution in [2.75, 3.05) is 18.4 Å². The van der Waals surface area contributed by atoms with Crippen molar-refractivity contribution in [2.24, 2.45) is 5.92 Å². The second-order valence-electron chi connectivity index (χ2n) is 7.57. The Morgan fingerprint density at radius 1 is 1.14 bits per heavy atom. The molecule has 1 aliphatic rings. The lowest BCUT2D eigenvalue weighted by molar-refractivity contribution is -0.136. The van der Waals surface area contributed by atoms with Crippen LogP contribution in [-0.2, 0) is 11.3 Å². The normalized spacial score (nSPS) is 14.8. The lowest BCUT2D eigenvalue weighted by Crippen LogP contribution is -2.48. The fourth-order valence-electron chi connectivity index (χ4n) is 3.83. The van der Waals surface area contributed by atoms with Gasteiger partial charge in [-0.2, -0.15) is 5.10 Å². The Morgan fingerprint density at radius 3 is 2.52 bits per heavy atom. The quantitative estimate of drug-likeness (QED) is 0.751. The van der Waals surface area contributed by atoms with Gasteiger partial charge < -0.3 is 15.5 Å². The summed E-state index contributed by atoms with van der Waals surface area (Å²) < 4.78 is 1.82. The molecule has 7 heteroatoms. The summed E-state index contributed by atoms with van der Waals surface area (Å²) >= 11 is 0. The van der Waals surface area contributed by atoms with Gasteiger partial charge in [0, 0.05) is 43.1 Å². The molecule has 2 N–H and O–H groups in total. The number of para-hydroxylation sites is 1. The first kappa shape index (κ1) is 20.9. The molecule has 2 heterocycles. The molecule has 0 radical (unpaired) electrons. The summed E-state index contributed by atoms with van der Waals surface area (Å²) in [7, 11) is 0. The number of anilines is 1. The number of hydrogen-bond acceptors (Lipinski definition) is 3. The topological polar surface area (TPSA) is 79.3 Å². The third-order valence-corrected chi connectivity index (χ3v) is 5.63. The Kier molecular flexibility index (Phi) is 7.27. The van der Waals surface area contributed by atoms with Crippen LogP contribution in [0.3, 0.4) is 0 Å². The molecule has 3 amide bonds. The standard InChI is InChI=1S/C22H31N5O2/c1-3-17(4-2)21(28)26-14-10-19(11-15-26)24-22(29)25-20-9-6-5-8-18(20)16-27-13-7-12-23-27/h5-9,12-13,17,19H,3-4,10-11,14-16H2,1-2H3,(H2,24,25,29). The van der Waals surface area contributed by atoms with Crippen LogP contribution in [0.25, 0.3) is 0 Å². The summed E-state index contributed by atoms with van der Waals surface area (Å²) in [6, 6.07) is 9.50. The third-order valence-electron chi connectivity index (χ3n) is 5.63. The molecule has 7 nitrogen and oxygen atoms in total. The van der Waals surface area contributed by atoms with E-state index in [2.05, 4.69) is 29.6 Å². The molecular formula is C22H31N5O2. The van der Waals surface area contributed by atoms with Crippen molar-refractivity contribution in [2.45, 2.75) is 52.1 Å². The number of urea groups is 1. The summed E-state index contributed by atoms with van der Waals surface area (Å²) in [6.07, 6.45) is 6.97. The zero-order chi connectivity index (χ0) is 20.6. The predicted octanol–water partition coefficient (Wildman–Crippen LogP) is 3.48. The van der Waals surface area contributed by atoms with Gasteiger partial charge in [0.15, 0.2) is 0 Å². The first-order valence-corrected chi connectivity index (χ1v) is 10.5. The van der Waals surface area contributed by atoms with E-state index in [4.69, 9.17) is 0 Å². The van der Waals surface area contributed by atoms with Gasteiger partial charge in [-0.1, -0.05) is 32.0 Å². The van der Waals surface area contributed by atoms with E-state index < -0.39 is 0 Å². The summed E-state index contributed by atoms with van der Waals surface area (Å²) in [4.78, 5) is 27.0. The van der Waals surface area contributed by atoms with E-state index in [-0.39, 0.29) is 23.9 Å². The van der Waals surface area contributed by atoms with Gasteiger partial charge in [0.2, 0.25) is 5.91 Å². The van der Waals surface area contributed by atoms with Crippen LogP contribution in [0.5, 0.6) is 0 Å². The van der Waals surface area contributed by atoms with Crippen molar-refractivity contribution in [1.82, 2.24) is 20.0 Å². The molecule has 1 fully saturated rings. The molecule has 1 aromatic carbocycles. The number of benzene rings is 1. The van der Waals surface area contributed by atoms with Gasteiger partial charge in [0.05, 0.1) is 6.54 Å². The number of nitrogens with one attached hydrogen (secondary N) is 2. The van der Waals surface area contributed by atoms with Gasteiger partial charge in [-0.3, -0.25) is 9.48 Å². The molecule has 0 spiro atoms. The van der Waals surface area contributed by atoms with Gasteiger partial charge in [-0.15, -0.1) is 0 Å². The van der Waals surface area contributed by atoms with Crippen molar-refractivity contribution >= 4 is 17.6 Å². The molecule has 156 valence electrons. The largest absolute Gasteiger partial charge is 0.342 e. The number of piperidine rings is 1. The van der Waals surface area contributed by atoms with Crippen LogP contribution in [0.2, 0.25) is 0 Å². The molecule has 29 heavy (non-hydrogen) atoms. The highest BCUT2D eigenvalue weighted by atomic mass is 16.2. The molecule has 1 saturated heterocycles. The fourth-order valence-corrected chi connectivity index (χ4v) is 3.83. The highest BCUT2D eigenvalue weighted by molar-refractivity contribution is 5.90. The Labute approximate surface area is 172 Å². The number of rotatable bonds is 7. The molecule has 0 atom stereocenters. The maximum absolute atomic E-state index is 12.5. The van der Waals surface area contributed by atoms with Crippen molar-refractivity contribution in [3.63, 3.8) is 0 Å². The van der Waals surface area contributed by atoms with Crippen LogP contribution in [0.1, 0.15) is 45.1 Å². The summed E-state index contributed by atoms with van der Waals surface area (Å²) in [5.41, 5.74) is 1.78. The first-order valence-electron chi connectivity index (χ1n) is 10.5. The molecule has 0 saturated carbocycles. The van der Waals surface area contributed by atoms with Gasteiger partial charge in [-0.05, 0) is 43.4 Å². The van der Waals surface area contributed by atoms with E-state index in [0.29, 0.717) is 19.6 Å². The van der Waals surface area contributed by atoms with Crippen LogP contribution in [0.15, 0.2) is 42.7 Å². The minimum absolute atomic E-state index is 0.0824. The number of hydrogen-bond donors (Lipinski definition) is 2. The number of nitrogens with zero attached hydrogens (tertiary/aromatic N) is 3. The van der Waals surface area contributed by atoms with Crippen molar-refractivity contribution < 1.29 is 9.59 Å². The van der Waals surface area contributed by atoms with Crippen molar-refractivity contribution in [1.29, 1.82) is 0 Å². The first-order chi connectivity index (χ1) is 14.1. The molecule has 0 aliphatic carbocycles. The van der Waals surface area contributed by atoms with E-state index in [1.165, 1.54) is 0 Å². The zero-order valence-corrected chi connectivity index (χ0v) is 17.3. The second-order valence-corrected chi connectivity index (χ2v) is 7.57. The number of carbonyl (C=O) groups is 2. The number of carbonyl (C=O) groups excluding carboxylic acids is 2. The summed E-state index contributed by atoms with van der Waals surface area (Å²) in [6.45, 7) is 6.14.